The second kappa shape index (κ2) is 9.80. The molecule has 0 radical (unpaired) electrons. The van der Waals surface area contributed by atoms with Crippen molar-refractivity contribution >= 4 is 5.91 Å². The highest BCUT2D eigenvalue weighted by molar-refractivity contribution is 5.76. The van der Waals surface area contributed by atoms with Crippen molar-refractivity contribution < 1.29 is 4.79 Å². The number of amides is 1. The minimum atomic E-state index is 0.204. The van der Waals surface area contributed by atoms with Crippen LogP contribution in [0.1, 0.15) is 45.1 Å². The summed E-state index contributed by atoms with van der Waals surface area (Å²) < 4.78 is 0. The van der Waals surface area contributed by atoms with E-state index in [4.69, 9.17) is 5.73 Å². The number of carbonyl (C=O) groups excluding carboxylic acids is 1. The lowest BCUT2D eigenvalue weighted by Crippen LogP contribution is -2.40. The first-order chi connectivity index (χ1) is 11.6. The quantitative estimate of drug-likeness (QED) is 0.757. The van der Waals surface area contributed by atoms with Crippen LogP contribution in [0.2, 0.25) is 0 Å². The van der Waals surface area contributed by atoms with Gasteiger partial charge in [0.2, 0.25) is 5.91 Å². The van der Waals surface area contributed by atoms with Crippen LogP contribution in [-0.4, -0.2) is 47.9 Å². The summed E-state index contributed by atoms with van der Waals surface area (Å²) in [5.74, 6) is 0.623. The van der Waals surface area contributed by atoms with Crippen LogP contribution < -0.4 is 5.73 Å². The Labute approximate surface area is 147 Å². The molecule has 4 heteroatoms. The number of benzene rings is 1. The van der Waals surface area contributed by atoms with Crippen molar-refractivity contribution in [1.82, 2.24) is 9.80 Å². The second-order valence-corrected chi connectivity index (χ2v) is 6.89. The molecule has 1 aromatic rings. The molecule has 0 heterocycles. The van der Waals surface area contributed by atoms with Crippen molar-refractivity contribution in [3.05, 3.63) is 35.9 Å². The normalized spacial score (nSPS) is 20.5. The minimum absolute atomic E-state index is 0.204. The zero-order valence-corrected chi connectivity index (χ0v) is 15.3. The average molecular weight is 332 g/mol. The molecule has 0 saturated heterocycles. The Morgan fingerprint density at radius 1 is 1.12 bits per heavy atom. The van der Waals surface area contributed by atoms with E-state index in [1.807, 2.05) is 23.1 Å². The molecule has 1 aliphatic rings. The molecule has 4 nitrogen and oxygen atoms in total. The van der Waals surface area contributed by atoms with E-state index in [-0.39, 0.29) is 11.9 Å². The van der Waals surface area contributed by atoms with E-state index in [1.54, 1.807) is 0 Å². The monoisotopic (exact) mass is 331 g/mol. The SMILES string of the molecule is CCN(CC)CCN(Cc1ccccc1)C(=O)C[C@@H]1CCC[C@H]1N. The number of hydrogen-bond donors (Lipinski definition) is 1. The van der Waals surface area contributed by atoms with Crippen LogP contribution in [0, 0.1) is 5.92 Å². The number of rotatable bonds is 9. The fraction of sp³-hybridized carbons (Fsp3) is 0.650. The van der Waals surface area contributed by atoms with Crippen LogP contribution in [-0.2, 0) is 11.3 Å². The Balaban J connectivity index is 1.98. The van der Waals surface area contributed by atoms with Crippen molar-refractivity contribution in [2.75, 3.05) is 26.2 Å². The maximum Gasteiger partial charge on any atom is 0.223 e. The van der Waals surface area contributed by atoms with Gasteiger partial charge in [-0.2, -0.15) is 0 Å². The summed E-state index contributed by atoms with van der Waals surface area (Å²) in [6.07, 6.45) is 3.93. The van der Waals surface area contributed by atoms with Gasteiger partial charge in [0.25, 0.3) is 0 Å². The third kappa shape index (κ3) is 5.60. The highest BCUT2D eigenvalue weighted by Gasteiger charge is 2.28. The Morgan fingerprint density at radius 3 is 2.42 bits per heavy atom. The highest BCUT2D eigenvalue weighted by Crippen LogP contribution is 2.27. The molecule has 134 valence electrons. The second-order valence-electron chi connectivity index (χ2n) is 6.89. The lowest BCUT2D eigenvalue weighted by atomic mass is 9.99. The van der Waals surface area contributed by atoms with Crippen LogP contribution in [0.4, 0.5) is 0 Å². The molecule has 0 aromatic heterocycles. The molecule has 1 fully saturated rings. The lowest BCUT2D eigenvalue weighted by Gasteiger charge is -2.28. The number of nitrogens with zero attached hydrogens (tertiary/aromatic N) is 2. The topological polar surface area (TPSA) is 49.6 Å². The third-order valence-corrected chi connectivity index (χ3v) is 5.30. The van der Waals surface area contributed by atoms with Crippen LogP contribution in [0.25, 0.3) is 0 Å². The molecule has 1 saturated carbocycles. The van der Waals surface area contributed by atoms with Crippen molar-refractivity contribution in [2.24, 2.45) is 11.7 Å². The lowest BCUT2D eigenvalue weighted by molar-refractivity contribution is -0.133. The first-order valence-electron chi connectivity index (χ1n) is 9.43. The van der Waals surface area contributed by atoms with E-state index < -0.39 is 0 Å². The number of nitrogens with two attached hydrogens (primary N) is 1. The molecule has 0 spiro atoms. The van der Waals surface area contributed by atoms with E-state index in [0.29, 0.717) is 18.9 Å². The Kier molecular flexibility index (Phi) is 7.73. The summed E-state index contributed by atoms with van der Waals surface area (Å²) in [4.78, 5) is 17.3. The van der Waals surface area contributed by atoms with Gasteiger partial charge in [-0.05, 0) is 37.4 Å². The first kappa shape index (κ1) is 18.9. The van der Waals surface area contributed by atoms with Crippen LogP contribution >= 0.6 is 0 Å². The van der Waals surface area contributed by atoms with Crippen molar-refractivity contribution in [3.63, 3.8) is 0 Å². The molecule has 0 bridgehead atoms. The van der Waals surface area contributed by atoms with E-state index in [1.165, 1.54) is 5.56 Å². The number of carbonyl (C=O) groups is 1. The smallest absolute Gasteiger partial charge is 0.223 e. The van der Waals surface area contributed by atoms with E-state index in [9.17, 15) is 4.79 Å². The zero-order valence-electron chi connectivity index (χ0n) is 15.3. The van der Waals surface area contributed by atoms with Gasteiger partial charge in [0.1, 0.15) is 0 Å². The maximum atomic E-state index is 12.9. The summed E-state index contributed by atoms with van der Waals surface area (Å²) in [5, 5.41) is 0. The molecule has 2 atom stereocenters. The van der Waals surface area contributed by atoms with E-state index >= 15 is 0 Å². The molecule has 1 aromatic carbocycles. The Hall–Kier alpha value is -1.39. The predicted octanol–water partition coefficient (Wildman–Crippen LogP) is 2.87. The largest absolute Gasteiger partial charge is 0.337 e. The molecule has 2 rings (SSSR count). The van der Waals surface area contributed by atoms with E-state index in [2.05, 4.69) is 30.9 Å². The molecule has 0 unspecified atom stereocenters. The minimum Gasteiger partial charge on any atom is -0.337 e. The van der Waals surface area contributed by atoms with E-state index in [0.717, 1.165) is 45.4 Å². The van der Waals surface area contributed by atoms with Gasteiger partial charge in [0, 0.05) is 32.1 Å². The zero-order chi connectivity index (χ0) is 17.4. The molecular weight excluding hydrogens is 298 g/mol. The summed E-state index contributed by atoms with van der Waals surface area (Å²) in [5.41, 5.74) is 7.36. The average Bonchev–Trinajstić information content (AvgIpc) is 3.00. The van der Waals surface area contributed by atoms with Gasteiger partial charge in [-0.25, -0.2) is 0 Å². The van der Waals surface area contributed by atoms with Gasteiger partial charge >= 0.3 is 0 Å². The molecular formula is C20H33N3O. The molecule has 2 N–H and O–H groups in total. The highest BCUT2D eigenvalue weighted by atomic mass is 16.2. The van der Waals surface area contributed by atoms with Gasteiger partial charge in [0.05, 0.1) is 0 Å². The van der Waals surface area contributed by atoms with Gasteiger partial charge in [-0.1, -0.05) is 50.6 Å². The van der Waals surface area contributed by atoms with Crippen LogP contribution in [0.5, 0.6) is 0 Å². The van der Waals surface area contributed by atoms with Gasteiger partial charge in [-0.3, -0.25) is 4.79 Å². The van der Waals surface area contributed by atoms with Crippen LogP contribution in [0.3, 0.4) is 0 Å². The van der Waals surface area contributed by atoms with Crippen LogP contribution in [0.15, 0.2) is 30.3 Å². The van der Waals surface area contributed by atoms with Gasteiger partial charge in [0.15, 0.2) is 0 Å². The standard InChI is InChI=1S/C20H33N3O/c1-3-22(4-2)13-14-23(16-17-9-6-5-7-10-17)20(24)15-18-11-8-12-19(18)21/h5-7,9-10,18-19H,3-4,8,11-16,21H2,1-2H3/t18-,19+/m0/s1. The van der Waals surface area contributed by atoms with Gasteiger partial charge < -0.3 is 15.5 Å². The Bertz CT molecular complexity index is 487. The predicted molar refractivity (Wildman–Crippen MR) is 99.6 cm³/mol. The van der Waals surface area contributed by atoms with Gasteiger partial charge in [-0.15, -0.1) is 0 Å². The molecule has 1 amide bonds. The summed E-state index contributed by atoms with van der Waals surface area (Å²) in [6.45, 7) is 8.81. The summed E-state index contributed by atoms with van der Waals surface area (Å²) in [6, 6.07) is 10.5. The molecule has 0 aliphatic heterocycles. The molecule has 1 aliphatic carbocycles. The van der Waals surface area contributed by atoms with Crippen molar-refractivity contribution in [2.45, 2.75) is 52.1 Å². The maximum absolute atomic E-state index is 12.9. The van der Waals surface area contributed by atoms with Crippen molar-refractivity contribution in [3.8, 4) is 0 Å². The third-order valence-electron chi connectivity index (χ3n) is 5.30. The number of hydrogen-bond acceptors (Lipinski definition) is 3. The van der Waals surface area contributed by atoms with Crippen molar-refractivity contribution in [1.29, 1.82) is 0 Å². The first-order valence-corrected chi connectivity index (χ1v) is 9.43. The fourth-order valence-electron chi connectivity index (χ4n) is 3.57. The summed E-state index contributed by atoms with van der Waals surface area (Å²) >= 11 is 0. The summed E-state index contributed by atoms with van der Waals surface area (Å²) in [7, 11) is 0. The molecule has 24 heavy (non-hydrogen) atoms. The Morgan fingerprint density at radius 2 is 1.83 bits per heavy atom. The number of likely N-dealkylation sites (N-methyl/N-ethyl adjacent to an activating group) is 1. The fourth-order valence-corrected chi connectivity index (χ4v) is 3.57.